The molecule has 30 heavy (non-hydrogen) atoms. The Bertz CT molecular complexity index is 1220. The van der Waals surface area contributed by atoms with Gasteiger partial charge in [-0.25, -0.2) is 15.0 Å². The van der Waals surface area contributed by atoms with Crippen molar-refractivity contribution in [1.82, 2.24) is 24.3 Å². The number of rotatable bonds is 3. The Hall–Kier alpha value is -2.42. The number of aromatic nitrogens is 4. The summed E-state index contributed by atoms with van der Waals surface area (Å²) >= 11 is 9.97. The van der Waals surface area contributed by atoms with E-state index in [1.165, 1.54) is 0 Å². The van der Waals surface area contributed by atoms with E-state index in [2.05, 4.69) is 43.1 Å². The largest absolute Gasteiger partial charge is 0.354 e. The van der Waals surface area contributed by atoms with Crippen LogP contribution < -0.4 is 10.2 Å². The van der Waals surface area contributed by atoms with Gasteiger partial charge in [-0.05, 0) is 43.8 Å². The van der Waals surface area contributed by atoms with Crippen LogP contribution in [-0.2, 0) is 0 Å². The number of pyridine rings is 1. The molecule has 0 spiro atoms. The summed E-state index contributed by atoms with van der Waals surface area (Å²) in [5.74, 6) is 1.67. The Kier molecular flexibility index (Phi) is 5.00. The molecule has 1 aliphatic heterocycles. The maximum atomic E-state index is 6.48. The number of imidazole rings is 1. The summed E-state index contributed by atoms with van der Waals surface area (Å²) in [5.41, 5.74) is 4.30. The molecular weight excluding hydrogens is 466 g/mol. The molecule has 4 aromatic rings. The van der Waals surface area contributed by atoms with Gasteiger partial charge in [0.15, 0.2) is 11.5 Å². The first-order valence-electron chi connectivity index (χ1n) is 9.78. The first kappa shape index (κ1) is 19.5. The number of hydrogen-bond acceptors (Lipinski definition) is 6. The summed E-state index contributed by atoms with van der Waals surface area (Å²) in [4.78, 5) is 18.8. The lowest BCUT2D eigenvalue weighted by atomic mass is 10.2. The quantitative estimate of drug-likeness (QED) is 0.460. The molecule has 4 heterocycles. The van der Waals surface area contributed by atoms with Crippen molar-refractivity contribution in [2.24, 2.45) is 0 Å². The Morgan fingerprint density at radius 3 is 2.67 bits per heavy atom. The minimum Gasteiger partial charge on any atom is -0.354 e. The Labute approximate surface area is 187 Å². The van der Waals surface area contributed by atoms with Crippen molar-refractivity contribution >= 4 is 61.5 Å². The molecule has 0 atom stereocenters. The summed E-state index contributed by atoms with van der Waals surface area (Å²) in [6, 6.07) is 7.96. The molecular formula is C21H21BrClN7. The zero-order valence-corrected chi connectivity index (χ0v) is 19.1. The van der Waals surface area contributed by atoms with Gasteiger partial charge in [0.2, 0.25) is 0 Å². The van der Waals surface area contributed by atoms with Crippen molar-refractivity contribution in [2.45, 2.75) is 6.92 Å². The highest BCUT2D eigenvalue weighted by Crippen LogP contribution is 2.33. The smallest absolute Gasteiger partial charge is 0.166 e. The molecule has 154 valence electrons. The molecule has 0 aliphatic carbocycles. The fourth-order valence-corrected chi connectivity index (χ4v) is 4.81. The van der Waals surface area contributed by atoms with Crippen LogP contribution in [0.25, 0.3) is 16.7 Å². The van der Waals surface area contributed by atoms with Gasteiger partial charge in [-0.2, -0.15) is 0 Å². The number of benzene rings is 1. The van der Waals surface area contributed by atoms with Gasteiger partial charge in [0.1, 0.15) is 23.2 Å². The molecule has 0 radical (unpaired) electrons. The van der Waals surface area contributed by atoms with Gasteiger partial charge in [-0.3, -0.25) is 4.40 Å². The summed E-state index contributed by atoms with van der Waals surface area (Å²) in [5, 5.41) is 4.03. The molecule has 1 saturated heterocycles. The van der Waals surface area contributed by atoms with Crippen molar-refractivity contribution in [2.75, 3.05) is 43.4 Å². The zero-order chi connectivity index (χ0) is 20.8. The number of anilines is 3. The van der Waals surface area contributed by atoms with Gasteiger partial charge in [0, 0.05) is 30.7 Å². The second-order valence-corrected chi connectivity index (χ2v) is 8.94. The van der Waals surface area contributed by atoms with Crippen molar-refractivity contribution in [1.29, 1.82) is 0 Å². The van der Waals surface area contributed by atoms with E-state index in [-0.39, 0.29) is 0 Å². The number of hydrogen-bond donors (Lipinski definition) is 1. The van der Waals surface area contributed by atoms with E-state index in [1.54, 1.807) is 12.5 Å². The molecule has 1 N–H and O–H groups in total. The van der Waals surface area contributed by atoms with Crippen LogP contribution in [0.5, 0.6) is 0 Å². The van der Waals surface area contributed by atoms with Crippen LogP contribution in [0.15, 0.2) is 41.3 Å². The van der Waals surface area contributed by atoms with Gasteiger partial charge in [-0.1, -0.05) is 27.5 Å². The molecule has 1 aromatic carbocycles. The van der Waals surface area contributed by atoms with E-state index in [1.807, 2.05) is 35.6 Å². The number of piperazine rings is 1. The standard InChI is InChI=1S/C21H21BrClN7/c1-13-9-14(22)10-15(23)19(13)27-20-17-11-24-12-30(17)21-16(25-20)3-4-18(26-21)29-7-5-28(2)6-8-29/h3-4,9-12H,5-8H2,1-2H3,(H,25,27). The van der Waals surface area contributed by atoms with Crippen LogP contribution in [-0.4, -0.2) is 57.5 Å². The maximum absolute atomic E-state index is 6.48. The second-order valence-electron chi connectivity index (χ2n) is 7.62. The van der Waals surface area contributed by atoms with Gasteiger partial charge < -0.3 is 15.1 Å². The number of nitrogens with zero attached hydrogens (tertiary/aromatic N) is 6. The third-order valence-electron chi connectivity index (χ3n) is 5.50. The number of likely N-dealkylation sites (N-methyl/N-ethyl adjacent to an activating group) is 1. The topological polar surface area (TPSA) is 61.6 Å². The normalized spacial score (nSPS) is 15.3. The van der Waals surface area contributed by atoms with Gasteiger partial charge in [-0.15, -0.1) is 0 Å². The zero-order valence-electron chi connectivity index (χ0n) is 16.7. The summed E-state index contributed by atoms with van der Waals surface area (Å²) < 4.78 is 2.92. The lowest BCUT2D eigenvalue weighted by Crippen LogP contribution is -2.44. The monoisotopic (exact) mass is 485 g/mol. The highest BCUT2D eigenvalue weighted by atomic mass is 79.9. The molecule has 1 fully saturated rings. The van der Waals surface area contributed by atoms with Gasteiger partial charge >= 0.3 is 0 Å². The van der Waals surface area contributed by atoms with Crippen molar-refractivity contribution < 1.29 is 0 Å². The Balaban J connectivity index is 1.58. The number of nitrogens with one attached hydrogen (secondary N) is 1. The molecule has 0 saturated carbocycles. The number of fused-ring (bicyclic) bond motifs is 3. The van der Waals surface area contributed by atoms with E-state index >= 15 is 0 Å². The Morgan fingerprint density at radius 1 is 1.10 bits per heavy atom. The van der Waals surface area contributed by atoms with E-state index < -0.39 is 0 Å². The van der Waals surface area contributed by atoms with Gasteiger partial charge in [0.05, 0.1) is 16.9 Å². The van der Waals surface area contributed by atoms with Crippen LogP contribution in [0.2, 0.25) is 5.02 Å². The Morgan fingerprint density at radius 2 is 1.90 bits per heavy atom. The van der Waals surface area contributed by atoms with E-state index in [0.717, 1.165) is 64.4 Å². The fourth-order valence-electron chi connectivity index (χ4n) is 3.79. The summed E-state index contributed by atoms with van der Waals surface area (Å²) in [6.07, 6.45) is 3.57. The van der Waals surface area contributed by atoms with E-state index in [0.29, 0.717) is 10.8 Å². The SMILES string of the molecule is Cc1cc(Br)cc(Cl)c1Nc1nc2ccc(N3CCN(C)CC3)nc2n2cncc12. The predicted octanol–water partition coefficient (Wildman–Crippen LogP) is 4.50. The predicted molar refractivity (Wildman–Crippen MR) is 125 cm³/mol. The van der Waals surface area contributed by atoms with Crippen molar-refractivity contribution in [3.63, 3.8) is 0 Å². The number of halogens is 2. The van der Waals surface area contributed by atoms with Crippen LogP contribution >= 0.6 is 27.5 Å². The number of aryl methyl sites for hydroxylation is 1. The molecule has 1 aliphatic rings. The minimum atomic E-state index is 0.630. The molecule has 9 heteroatoms. The van der Waals surface area contributed by atoms with Crippen LogP contribution in [0.3, 0.4) is 0 Å². The summed E-state index contributed by atoms with van der Waals surface area (Å²) in [7, 11) is 2.15. The molecule has 0 amide bonds. The van der Waals surface area contributed by atoms with Crippen molar-refractivity contribution in [3.05, 3.63) is 51.8 Å². The van der Waals surface area contributed by atoms with Gasteiger partial charge in [0.25, 0.3) is 0 Å². The molecule has 7 nitrogen and oxygen atoms in total. The lowest BCUT2D eigenvalue weighted by Gasteiger charge is -2.33. The highest BCUT2D eigenvalue weighted by molar-refractivity contribution is 9.10. The van der Waals surface area contributed by atoms with E-state index in [9.17, 15) is 0 Å². The molecule has 0 bridgehead atoms. The maximum Gasteiger partial charge on any atom is 0.166 e. The average Bonchev–Trinajstić information content (AvgIpc) is 3.21. The first-order chi connectivity index (χ1) is 14.5. The molecule has 5 rings (SSSR count). The second kappa shape index (κ2) is 7.68. The molecule has 3 aromatic heterocycles. The lowest BCUT2D eigenvalue weighted by molar-refractivity contribution is 0.312. The third kappa shape index (κ3) is 3.49. The summed E-state index contributed by atoms with van der Waals surface area (Å²) in [6.45, 7) is 6.02. The fraction of sp³-hybridized carbons (Fsp3) is 0.286. The average molecular weight is 487 g/mol. The molecule has 0 unspecified atom stereocenters. The van der Waals surface area contributed by atoms with Crippen LogP contribution in [0, 0.1) is 6.92 Å². The highest BCUT2D eigenvalue weighted by Gasteiger charge is 2.18. The first-order valence-corrected chi connectivity index (χ1v) is 11.0. The van der Waals surface area contributed by atoms with Crippen LogP contribution in [0.1, 0.15) is 5.56 Å². The minimum absolute atomic E-state index is 0.630. The van der Waals surface area contributed by atoms with Crippen LogP contribution in [0.4, 0.5) is 17.3 Å². The van der Waals surface area contributed by atoms with Crippen molar-refractivity contribution in [3.8, 4) is 0 Å². The van der Waals surface area contributed by atoms with E-state index in [4.69, 9.17) is 21.6 Å². The third-order valence-corrected chi connectivity index (χ3v) is 6.26.